The summed E-state index contributed by atoms with van der Waals surface area (Å²) in [7, 11) is 0. The number of nitrogens with zero attached hydrogens (tertiary/aromatic N) is 1. The first-order chi connectivity index (χ1) is 8.09. The summed E-state index contributed by atoms with van der Waals surface area (Å²) in [6.45, 7) is 4.16. The highest BCUT2D eigenvalue weighted by atomic mass is 32.1. The van der Waals surface area contributed by atoms with Gasteiger partial charge in [0.2, 0.25) is 0 Å². The molecular weight excluding hydrogens is 232 g/mol. The molecule has 0 aliphatic rings. The molecule has 0 saturated carbocycles. The van der Waals surface area contributed by atoms with Crippen molar-refractivity contribution < 1.29 is 0 Å². The number of nitrogens with two attached hydrogens (primary N) is 1. The second-order valence-corrected chi connectivity index (χ2v) is 4.32. The molecule has 88 valence electrons. The number of nitrogens with one attached hydrogen (secondary N) is 2. The smallest absolute Gasteiger partial charge is 0.184 e. The van der Waals surface area contributed by atoms with Crippen molar-refractivity contribution in [3.8, 4) is 0 Å². The average molecular weight is 246 g/mol. The molecule has 0 radical (unpaired) electrons. The third-order valence-corrected chi connectivity index (χ3v) is 2.85. The van der Waals surface area contributed by atoms with Crippen LogP contribution in [0.25, 0.3) is 10.9 Å². The Hall–Kier alpha value is -1.88. The molecule has 2 rings (SSSR count). The zero-order chi connectivity index (χ0) is 12.4. The van der Waals surface area contributed by atoms with Gasteiger partial charge in [-0.3, -0.25) is 5.43 Å². The van der Waals surface area contributed by atoms with Crippen molar-refractivity contribution in [2.45, 2.75) is 13.8 Å². The molecule has 5 heteroatoms. The Bertz CT molecular complexity index is 598. The number of para-hydroxylation sites is 1. The predicted octanol–water partition coefficient (Wildman–Crippen LogP) is 1.95. The van der Waals surface area contributed by atoms with Gasteiger partial charge in [-0.1, -0.05) is 18.2 Å². The molecule has 0 spiro atoms. The molecule has 1 heterocycles. The van der Waals surface area contributed by atoms with Crippen LogP contribution >= 0.6 is 12.2 Å². The summed E-state index contributed by atoms with van der Waals surface area (Å²) in [5, 5.41) is 5.34. The van der Waals surface area contributed by atoms with Gasteiger partial charge in [-0.15, -0.1) is 0 Å². The summed E-state index contributed by atoms with van der Waals surface area (Å²) in [5.41, 5.74) is 12.4. The van der Waals surface area contributed by atoms with Crippen LogP contribution < -0.4 is 11.2 Å². The second-order valence-electron chi connectivity index (χ2n) is 3.88. The van der Waals surface area contributed by atoms with Crippen LogP contribution in [0.5, 0.6) is 0 Å². The highest BCUT2D eigenvalue weighted by Crippen LogP contribution is 2.23. The maximum absolute atomic E-state index is 5.30. The van der Waals surface area contributed by atoms with Gasteiger partial charge in [0.1, 0.15) is 0 Å². The number of rotatable bonds is 2. The molecule has 0 atom stereocenters. The molecule has 2 aromatic rings. The Balaban J connectivity index is 2.44. The molecule has 0 amide bonds. The summed E-state index contributed by atoms with van der Waals surface area (Å²) >= 11 is 4.68. The van der Waals surface area contributed by atoms with Crippen molar-refractivity contribution in [3.05, 3.63) is 35.0 Å². The van der Waals surface area contributed by atoms with E-state index in [9.17, 15) is 0 Å². The van der Waals surface area contributed by atoms with Crippen LogP contribution in [0.15, 0.2) is 23.3 Å². The maximum atomic E-state index is 5.30. The van der Waals surface area contributed by atoms with Crippen molar-refractivity contribution in [2.75, 3.05) is 0 Å². The molecule has 0 unspecified atom stereocenters. The first kappa shape index (κ1) is 11.6. The van der Waals surface area contributed by atoms with Crippen LogP contribution in [-0.2, 0) is 0 Å². The summed E-state index contributed by atoms with van der Waals surface area (Å²) in [6, 6.07) is 6.08. The Kier molecular flexibility index (Phi) is 3.10. The van der Waals surface area contributed by atoms with Gasteiger partial charge in [-0.25, -0.2) is 0 Å². The van der Waals surface area contributed by atoms with E-state index in [0.717, 1.165) is 11.1 Å². The lowest BCUT2D eigenvalue weighted by atomic mass is 10.1. The Morgan fingerprint density at radius 1 is 1.47 bits per heavy atom. The molecule has 0 aliphatic heterocycles. The van der Waals surface area contributed by atoms with Crippen LogP contribution in [0.2, 0.25) is 0 Å². The van der Waals surface area contributed by atoms with Crippen LogP contribution in [0.1, 0.15) is 16.8 Å². The number of thiocarbonyl (C=S) groups is 1. The van der Waals surface area contributed by atoms with Crippen molar-refractivity contribution >= 4 is 34.4 Å². The van der Waals surface area contributed by atoms with Crippen LogP contribution in [-0.4, -0.2) is 16.3 Å². The van der Waals surface area contributed by atoms with Gasteiger partial charge in [-0.2, -0.15) is 5.10 Å². The first-order valence-corrected chi connectivity index (χ1v) is 5.67. The van der Waals surface area contributed by atoms with E-state index < -0.39 is 0 Å². The van der Waals surface area contributed by atoms with E-state index in [1.54, 1.807) is 6.21 Å². The lowest BCUT2D eigenvalue weighted by Crippen LogP contribution is -2.24. The number of aryl methyl sites for hydroxylation is 2. The summed E-state index contributed by atoms with van der Waals surface area (Å²) in [5.74, 6) is 0. The van der Waals surface area contributed by atoms with Crippen molar-refractivity contribution in [3.63, 3.8) is 0 Å². The summed E-state index contributed by atoms with van der Waals surface area (Å²) in [4.78, 5) is 3.35. The minimum atomic E-state index is 0.160. The minimum Gasteiger partial charge on any atom is -0.375 e. The fourth-order valence-electron chi connectivity index (χ4n) is 1.78. The highest BCUT2D eigenvalue weighted by Gasteiger charge is 2.06. The first-order valence-electron chi connectivity index (χ1n) is 5.26. The number of aromatic nitrogens is 1. The van der Waals surface area contributed by atoms with Gasteiger partial charge in [-0.05, 0) is 31.6 Å². The zero-order valence-electron chi connectivity index (χ0n) is 9.74. The number of H-pyrrole nitrogens is 1. The second kappa shape index (κ2) is 4.55. The van der Waals surface area contributed by atoms with Gasteiger partial charge in [0.15, 0.2) is 5.11 Å². The van der Waals surface area contributed by atoms with Crippen molar-refractivity contribution in [2.24, 2.45) is 10.8 Å². The van der Waals surface area contributed by atoms with Gasteiger partial charge in [0, 0.05) is 16.6 Å². The van der Waals surface area contributed by atoms with E-state index in [2.05, 4.69) is 47.6 Å². The highest BCUT2D eigenvalue weighted by molar-refractivity contribution is 7.80. The molecule has 0 saturated heterocycles. The average Bonchev–Trinajstić information content (AvgIpc) is 2.56. The molecule has 0 fully saturated rings. The van der Waals surface area contributed by atoms with E-state index in [1.807, 2.05) is 12.1 Å². The third kappa shape index (κ3) is 2.29. The van der Waals surface area contributed by atoms with Crippen molar-refractivity contribution in [1.82, 2.24) is 10.4 Å². The quantitative estimate of drug-likeness (QED) is 0.431. The van der Waals surface area contributed by atoms with E-state index >= 15 is 0 Å². The lowest BCUT2D eigenvalue weighted by Gasteiger charge is -1.97. The fourth-order valence-corrected chi connectivity index (χ4v) is 1.83. The largest absolute Gasteiger partial charge is 0.375 e. The number of benzene rings is 1. The lowest BCUT2D eigenvalue weighted by molar-refractivity contribution is 1.04. The standard InChI is InChI=1S/C12H14N4S/c1-7-8(2)15-11-9(4-3-5-10(7)11)6-14-16-12(13)17/h3-6,15H,1-2H3,(H3,13,16,17). The van der Waals surface area contributed by atoms with E-state index in [-0.39, 0.29) is 5.11 Å². The Labute approximate surface area is 105 Å². The molecule has 1 aromatic heterocycles. The van der Waals surface area contributed by atoms with Gasteiger partial charge < -0.3 is 10.7 Å². The van der Waals surface area contributed by atoms with E-state index in [1.165, 1.54) is 16.6 Å². The maximum Gasteiger partial charge on any atom is 0.184 e. The molecular formula is C12H14N4S. The molecule has 4 N–H and O–H groups in total. The molecule has 0 aliphatic carbocycles. The van der Waals surface area contributed by atoms with Crippen molar-refractivity contribution in [1.29, 1.82) is 0 Å². The van der Waals surface area contributed by atoms with E-state index in [0.29, 0.717) is 0 Å². The topological polar surface area (TPSA) is 66.2 Å². The number of hydrogen-bond acceptors (Lipinski definition) is 2. The zero-order valence-corrected chi connectivity index (χ0v) is 10.6. The number of fused-ring (bicyclic) bond motifs is 1. The van der Waals surface area contributed by atoms with Gasteiger partial charge in [0.25, 0.3) is 0 Å². The predicted molar refractivity (Wildman–Crippen MR) is 75.3 cm³/mol. The summed E-state index contributed by atoms with van der Waals surface area (Å²) in [6.07, 6.45) is 1.71. The monoisotopic (exact) mass is 246 g/mol. The van der Waals surface area contributed by atoms with Crippen LogP contribution in [0, 0.1) is 13.8 Å². The molecule has 1 aromatic carbocycles. The fraction of sp³-hybridized carbons (Fsp3) is 0.167. The number of hydrogen-bond donors (Lipinski definition) is 3. The Morgan fingerprint density at radius 2 is 2.24 bits per heavy atom. The SMILES string of the molecule is Cc1[nH]c2c(C=NNC(N)=S)cccc2c1C. The third-order valence-electron chi connectivity index (χ3n) is 2.75. The van der Waals surface area contributed by atoms with Gasteiger partial charge in [0.05, 0.1) is 11.7 Å². The Morgan fingerprint density at radius 3 is 2.94 bits per heavy atom. The molecule has 4 nitrogen and oxygen atoms in total. The minimum absolute atomic E-state index is 0.160. The normalized spacial score (nSPS) is 11.2. The number of aromatic amines is 1. The van der Waals surface area contributed by atoms with Crippen LogP contribution in [0.4, 0.5) is 0 Å². The number of hydrazone groups is 1. The van der Waals surface area contributed by atoms with Crippen LogP contribution in [0.3, 0.4) is 0 Å². The molecule has 17 heavy (non-hydrogen) atoms. The summed E-state index contributed by atoms with van der Waals surface area (Å²) < 4.78 is 0. The van der Waals surface area contributed by atoms with Gasteiger partial charge >= 0.3 is 0 Å². The molecule has 0 bridgehead atoms. The van der Waals surface area contributed by atoms with E-state index in [4.69, 9.17) is 5.73 Å².